The molecular weight excluding hydrogens is 281 g/mol. The van der Waals surface area contributed by atoms with Gasteiger partial charge < -0.3 is 4.90 Å². The molecule has 0 saturated carbocycles. The van der Waals surface area contributed by atoms with Crippen molar-refractivity contribution in [1.82, 2.24) is 4.98 Å². The predicted molar refractivity (Wildman–Crippen MR) is 74.4 cm³/mol. The Balaban J connectivity index is 2.61. The first kappa shape index (κ1) is 15.0. The topological polar surface area (TPSA) is 33.2 Å². The van der Waals surface area contributed by atoms with E-state index in [0.717, 1.165) is 12.1 Å². The molecule has 0 radical (unpaired) electrons. The Bertz CT molecular complexity index is 666. The van der Waals surface area contributed by atoms with E-state index in [2.05, 4.69) is 4.98 Å². The first-order chi connectivity index (χ1) is 9.81. The molecule has 1 aromatic carbocycles. The molecule has 0 atom stereocenters. The normalized spacial score (nSPS) is 11.3. The van der Waals surface area contributed by atoms with E-state index in [1.807, 2.05) is 0 Å². The van der Waals surface area contributed by atoms with E-state index >= 15 is 0 Å². The van der Waals surface area contributed by atoms with Crippen LogP contribution in [0.5, 0.6) is 0 Å². The van der Waals surface area contributed by atoms with Crippen molar-refractivity contribution in [3.63, 3.8) is 0 Å². The largest absolute Gasteiger partial charge is 0.416 e. The Morgan fingerprint density at radius 1 is 1.14 bits per heavy atom. The minimum atomic E-state index is -4.45. The van der Waals surface area contributed by atoms with Crippen LogP contribution in [0.3, 0.4) is 0 Å². The lowest BCUT2D eigenvalue weighted by atomic mass is 10.1. The van der Waals surface area contributed by atoms with Gasteiger partial charge in [-0.15, -0.1) is 0 Å². The Hall–Kier alpha value is -2.37. The molecule has 0 aliphatic carbocycles. The summed E-state index contributed by atoms with van der Waals surface area (Å²) in [7, 11) is 3.24. The van der Waals surface area contributed by atoms with Gasteiger partial charge >= 0.3 is 6.18 Å². The smallest absolute Gasteiger partial charge is 0.363 e. The van der Waals surface area contributed by atoms with Crippen LogP contribution in [0.2, 0.25) is 0 Å². The average Bonchev–Trinajstić information content (AvgIpc) is 2.46. The van der Waals surface area contributed by atoms with Crippen LogP contribution in [0.4, 0.5) is 19.0 Å². The van der Waals surface area contributed by atoms with Gasteiger partial charge in [-0.05, 0) is 18.2 Å². The monoisotopic (exact) mass is 294 g/mol. The van der Waals surface area contributed by atoms with Gasteiger partial charge in [0.15, 0.2) is 0 Å². The van der Waals surface area contributed by atoms with Crippen LogP contribution in [0, 0.1) is 0 Å². The Morgan fingerprint density at radius 2 is 1.86 bits per heavy atom. The maximum atomic E-state index is 13.0. The zero-order valence-corrected chi connectivity index (χ0v) is 11.5. The second-order valence-electron chi connectivity index (χ2n) is 4.73. The molecule has 0 unspecified atom stereocenters. The number of aldehydes is 1. The minimum Gasteiger partial charge on any atom is -0.363 e. The van der Waals surface area contributed by atoms with Gasteiger partial charge in [0.1, 0.15) is 12.1 Å². The highest BCUT2D eigenvalue weighted by Gasteiger charge is 2.32. The summed E-state index contributed by atoms with van der Waals surface area (Å²) in [6.45, 7) is 0. The summed E-state index contributed by atoms with van der Waals surface area (Å²) in [4.78, 5) is 16.5. The zero-order chi connectivity index (χ0) is 15.6. The van der Waals surface area contributed by atoms with Gasteiger partial charge in [-0.2, -0.15) is 13.2 Å². The quantitative estimate of drug-likeness (QED) is 0.810. The predicted octanol–water partition coefficient (Wildman–Crippen LogP) is 3.65. The third-order valence-corrected chi connectivity index (χ3v) is 2.92. The van der Waals surface area contributed by atoms with Crippen molar-refractivity contribution in [2.45, 2.75) is 6.18 Å². The molecule has 0 bridgehead atoms. The Kier molecular flexibility index (Phi) is 3.97. The Labute approximate surface area is 120 Å². The lowest BCUT2D eigenvalue weighted by Crippen LogP contribution is -2.14. The Morgan fingerprint density at radius 3 is 2.43 bits per heavy atom. The van der Waals surface area contributed by atoms with Gasteiger partial charge in [-0.1, -0.05) is 18.2 Å². The summed E-state index contributed by atoms with van der Waals surface area (Å²) in [6, 6.07) is 8.29. The third kappa shape index (κ3) is 3.39. The van der Waals surface area contributed by atoms with E-state index < -0.39 is 11.7 Å². The number of carbonyl (C=O) groups excluding carboxylic acids is 1. The van der Waals surface area contributed by atoms with Gasteiger partial charge in [0.25, 0.3) is 0 Å². The van der Waals surface area contributed by atoms with Crippen molar-refractivity contribution >= 4 is 12.1 Å². The first-order valence-electron chi connectivity index (χ1n) is 6.13. The van der Waals surface area contributed by atoms with E-state index in [1.165, 1.54) is 11.0 Å². The molecule has 0 fully saturated rings. The van der Waals surface area contributed by atoms with Crippen molar-refractivity contribution < 1.29 is 18.0 Å². The number of rotatable bonds is 3. The number of hydrogen-bond acceptors (Lipinski definition) is 3. The lowest BCUT2D eigenvalue weighted by molar-refractivity contribution is -0.137. The van der Waals surface area contributed by atoms with Crippen LogP contribution in [-0.2, 0) is 6.18 Å². The standard InChI is InChI=1S/C15H13F3N2O/c1-20(2)14-8-12(15(16,17)18)7-13(19-14)11-5-3-4-10(6-11)9-21/h3-9H,1-2H3. The summed E-state index contributed by atoms with van der Waals surface area (Å²) in [5.41, 5.74) is 0.261. The lowest BCUT2D eigenvalue weighted by Gasteiger charge is -2.16. The SMILES string of the molecule is CN(C)c1cc(C(F)(F)F)cc(-c2cccc(C=O)c2)n1. The summed E-state index contributed by atoms with van der Waals surface area (Å²) in [6.07, 6.45) is -3.81. The molecule has 110 valence electrons. The van der Waals surface area contributed by atoms with Gasteiger partial charge in [0.05, 0.1) is 11.3 Å². The number of aromatic nitrogens is 1. The highest BCUT2D eigenvalue weighted by Crippen LogP contribution is 2.33. The minimum absolute atomic E-state index is 0.178. The fraction of sp³-hybridized carbons (Fsp3) is 0.200. The molecule has 1 heterocycles. The number of hydrogen-bond donors (Lipinski definition) is 0. The van der Waals surface area contributed by atoms with Gasteiger partial charge in [-0.25, -0.2) is 4.98 Å². The molecular formula is C15H13F3N2O. The van der Waals surface area contributed by atoms with E-state index in [1.54, 1.807) is 32.3 Å². The second kappa shape index (κ2) is 5.55. The van der Waals surface area contributed by atoms with Gasteiger partial charge in [-0.3, -0.25) is 4.79 Å². The first-order valence-corrected chi connectivity index (χ1v) is 6.13. The fourth-order valence-electron chi connectivity index (χ4n) is 1.83. The number of anilines is 1. The zero-order valence-electron chi connectivity index (χ0n) is 11.5. The van der Waals surface area contributed by atoms with Crippen LogP contribution in [0.1, 0.15) is 15.9 Å². The van der Waals surface area contributed by atoms with Crippen LogP contribution in [0.15, 0.2) is 36.4 Å². The summed E-state index contributed by atoms with van der Waals surface area (Å²) >= 11 is 0. The molecule has 2 aromatic rings. The van der Waals surface area contributed by atoms with Crippen molar-refractivity contribution in [3.05, 3.63) is 47.5 Å². The molecule has 1 aromatic heterocycles. The number of nitrogens with zero attached hydrogens (tertiary/aromatic N) is 2. The van der Waals surface area contributed by atoms with Gasteiger partial charge in [0, 0.05) is 25.2 Å². The fourth-order valence-corrected chi connectivity index (χ4v) is 1.83. The highest BCUT2D eigenvalue weighted by molar-refractivity contribution is 5.78. The molecule has 3 nitrogen and oxygen atoms in total. The average molecular weight is 294 g/mol. The molecule has 6 heteroatoms. The molecule has 0 saturated heterocycles. The van der Waals surface area contributed by atoms with Crippen molar-refractivity contribution in [2.75, 3.05) is 19.0 Å². The van der Waals surface area contributed by atoms with Gasteiger partial charge in [0.2, 0.25) is 0 Å². The highest BCUT2D eigenvalue weighted by atomic mass is 19.4. The van der Waals surface area contributed by atoms with Crippen molar-refractivity contribution in [2.24, 2.45) is 0 Å². The third-order valence-electron chi connectivity index (χ3n) is 2.92. The molecule has 0 aliphatic rings. The molecule has 2 rings (SSSR count). The summed E-state index contributed by atoms with van der Waals surface area (Å²) in [5, 5.41) is 0. The number of pyridine rings is 1. The van der Waals surface area contributed by atoms with E-state index in [0.29, 0.717) is 17.4 Å². The second-order valence-corrected chi connectivity index (χ2v) is 4.73. The van der Waals surface area contributed by atoms with E-state index in [-0.39, 0.29) is 11.5 Å². The molecule has 0 aliphatic heterocycles. The molecule has 0 amide bonds. The maximum absolute atomic E-state index is 13.0. The number of halogens is 3. The van der Waals surface area contributed by atoms with Crippen molar-refractivity contribution in [3.8, 4) is 11.3 Å². The van der Waals surface area contributed by atoms with E-state index in [9.17, 15) is 18.0 Å². The van der Waals surface area contributed by atoms with E-state index in [4.69, 9.17) is 0 Å². The number of alkyl halides is 3. The summed E-state index contributed by atoms with van der Waals surface area (Å²) < 4.78 is 38.9. The molecule has 21 heavy (non-hydrogen) atoms. The van der Waals surface area contributed by atoms with Crippen molar-refractivity contribution in [1.29, 1.82) is 0 Å². The van der Waals surface area contributed by atoms with Crippen LogP contribution < -0.4 is 4.90 Å². The maximum Gasteiger partial charge on any atom is 0.416 e. The summed E-state index contributed by atoms with van der Waals surface area (Å²) in [5.74, 6) is 0.205. The molecule has 0 N–H and O–H groups in total. The number of carbonyl (C=O) groups is 1. The van der Waals surface area contributed by atoms with Crippen LogP contribution in [-0.4, -0.2) is 25.4 Å². The van der Waals surface area contributed by atoms with Crippen LogP contribution >= 0.6 is 0 Å². The van der Waals surface area contributed by atoms with Crippen LogP contribution in [0.25, 0.3) is 11.3 Å². The molecule has 0 spiro atoms. The number of benzene rings is 1.